The first-order valence-corrected chi connectivity index (χ1v) is 7.09. The van der Waals surface area contributed by atoms with E-state index in [1.54, 1.807) is 12.1 Å². The number of hydrogen-bond acceptors (Lipinski definition) is 1. The standard InChI is InChI=1S/C16H26FN/c1-4-5-6-15(12-18-13(2)3)11-14-7-9-16(17)10-8-14/h7-10,13,15,18H,4-6,11-12H2,1-3H3. The topological polar surface area (TPSA) is 12.0 Å². The number of rotatable bonds is 8. The van der Waals surface area contributed by atoms with Crippen molar-refractivity contribution in [3.63, 3.8) is 0 Å². The van der Waals surface area contributed by atoms with Gasteiger partial charge in [-0.25, -0.2) is 4.39 Å². The van der Waals surface area contributed by atoms with Gasteiger partial charge in [-0.05, 0) is 43.0 Å². The van der Waals surface area contributed by atoms with E-state index in [1.165, 1.54) is 24.8 Å². The molecule has 0 heterocycles. The molecular weight excluding hydrogens is 225 g/mol. The summed E-state index contributed by atoms with van der Waals surface area (Å²) < 4.78 is 12.9. The van der Waals surface area contributed by atoms with Gasteiger partial charge >= 0.3 is 0 Å². The fourth-order valence-corrected chi connectivity index (χ4v) is 2.13. The number of halogens is 1. The lowest BCUT2D eigenvalue weighted by Gasteiger charge is -2.19. The highest BCUT2D eigenvalue weighted by Crippen LogP contribution is 2.15. The Bertz CT molecular complexity index is 318. The molecule has 1 aromatic rings. The Balaban J connectivity index is 2.50. The molecule has 0 aliphatic heterocycles. The van der Waals surface area contributed by atoms with Crippen molar-refractivity contribution in [3.05, 3.63) is 35.6 Å². The minimum Gasteiger partial charge on any atom is -0.314 e. The van der Waals surface area contributed by atoms with Crippen LogP contribution in [0.25, 0.3) is 0 Å². The van der Waals surface area contributed by atoms with Gasteiger partial charge in [0.05, 0.1) is 0 Å². The molecule has 102 valence electrons. The number of unbranched alkanes of at least 4 members (excludes halogenated alkanes) is 1. The van der Waals surface area contributed by atoms with Crippen LogP contribution in [-0.4, -0.2) is 12.6 Å². The quantitative estimate of drug-likeness (QED) is 0.731. The minimum absolute atomic E-state index is 0.149. The molecule has 0 saturated heterocycles. The summed E-state index contributed by atoms with van der Waals surface area (Å²) in [7, 11) is 0. The van der Waals surface area contributed by atoms with Gasteiger partial charge in [0.2, 0.25) is 0 Å². The zero-order chi connectivity index (χ0) is 13.4. The lowest BCUT2D eigenvalue weighted by Crippen LogP contribution is -2.30. The van der Waals surface area contributed by atoms with Gasteiger partial charge < -0.3 is 5.32 Å². The third-order valence-corrected chi connectivity index (χ3v) is 3.22. The van der Waals surface area contributed by atoms with Crippen LogP contribution in [0.15, 0.2) is 24.3 Å². The van der Waals surface area contributed by atoms with Gasteiger partial charge in [-0.2, -0.15) is 0 Å². The molecule has 2 heteroatoms. The SMILES string of the molecule is CCCCC(CNC(C)C)Cc1ccc(F)cc1. The molecule has 0 amide bonds. The predicted molar refractivity (Wildman–Crippen MR) is 76.3 cm³/mol. The zero-order valence-electron chi connectivity index (χ0n) is 11.9. The van der Waals surface area contributed by atoms with E-state index >= 15 is 0 Å². The Hall–Kier alpha value is -0.890. The summed E-state index contributed by atoms with van der Waals surface area (Å²) in [5, 5.41) is 3.51. The van der Waals surface area contributed by atoms with Crippen LogP contribution in [0.2, 0.25) is 0 Å². The lowest BCUT2D eigenvalue weighted by atomic mass is 9.94. The molecule has 1 atom stereocenters. The Morgan fingerprint density at radius 1 is 1.17 bits per heavy atom. The highest BCUT2D eigenvalue weighted by atomic mass is 19.1. The maximum absolute atomic E-state index is 12.9. The molecule has 0 saturated carbocycles. The van der Waals surface area contributed by atoms with Gasteiger partial charge in [0.15, 0.2) is 0 Å². The normalized spacial score (nSPS) is 12.9. The first kappa shape index (κ1) is 15.2. The van der Waals surface area contributed by atoms with Crippen LogP contribution >= 0.6 is 0 Å². The van der Waals surface area contributed by atoms with E-state index in [-0.39, 0.29) is 5.82 Å². The maximum atomic E-state index is 12.9. The fourth-order valence-electron chi connectivity index (χ4n) is 2.13. The summed E-state index contributed by atoms with van der Waals surface area (Å²) in [4.78, 5) is 0. The molecule has 1 nitrogen and oxygen atoms in total. The summed E-state index contributed by atoms with van der Waals surface area (Å²) >= 11 is 0. The molecule has 0 aliphatic rings. The Kier molecular flexibility index (Phi) is 6.96. The van der Waals surface area contributed by atoms with E-state index in [4.69, 9.17) is 0 Å². The van der Waals surface area contributed by atoms with Crippen molar-refractivity contribution in [3.8, 4) is 0 Å². The highest BCUT2D eigenvalue weighted by Gasteiger charge is 2.10. The molecule has 0 spiro atoms. The van der Waals surface area contributed by atoms with E-state index in [2.05, 4.69) is 26.1 Å². The molecule has 0 aromatic heterocycles. The van der Waals surface area contributed by atoms with Crippen molar-refractivity contribution in [2.45, 2.75) is 52.5 Å². The van der Waals surface area contributed by atoms with Crippen molar-refractivity contribution >= 4 is 0 Å². The highest BCUT2D eigenvalue weighted by molar-refractivity contribution is 5.16. The number of benzene rings is 1. The first-order chi connectivity index (χ1) is 8.61. The van der Waals surface area contributed by atoms with Crippen molar-refractivity contribution in [2.75, 3.05) is 6.54 Å². The summed E-state index contributed by atoms with van der Waals surface area (Å²) in [5.41, 5.74) is 1.24. The predicted octanol–water partition coefficient (Wildman–Crippen LogP) is 4.17. The molecule has 1 N–H and O–H groups in total. The van der Waals surface area contributed by atoms with Gasteiger partial charge in [-0.1, -0.05) is 45.7 Å². The van der Waals surface area contributed by atoms with E-state index in [9.17, 15) is 4.39 Å². The first-order valence-electron chi connectivity index (χ1n) is 7.09. The maximum Gasteiger partial charge on any atom is 0.123 e. The average Bonchev–Trinajstić information content (AvgIpc) is 2.35. The second-order valence-corrected chi connectivity index (χ2v) is 5.40. The summed E-state index contributed by atoms with van der Waals surface area (Å²) in [5.74, 6) is 0.502. The molecular formula is C16H26FN. The van der Waals surface area contributed by atoms with Crippen molar-refractivity contribution in [1.82, 2.24) is 5.32 Å². The van der Waals surface area contributed by atoms with Gasteiger partial charge in [0.25, 0.3) is 0 Å². The molecule has 0 radical (unpaired) electrons. The molecule has 1 aromatic carbocycles. The Labute approximate surface area is 111 Å². The minimum atomic E-state index is -0.149. The Morgan fingerprint density at radius 3 is 2.39 bits per heavy atom. The van der Waals surface area contributed by atoms with E-state index < -0.39 is 0 Å². The summed E-state index contributed by atoms with van der Waals surface area (Å²) in [6.45, 7) is 7.63. The van der Waals surface area contributed by atoms with Crippen LogP contribution in [0.4, 0.5) is 4.39 Å². The molecule has 1 rings (SSSR count). The third-order valence-electron chi connectivity index (χ3n) is 3.22. The van der Waals surface area contributed by atoms with Crippen molar-refractivity contribution < 1.29 is 4.39 Å². The van der Waals surface area contributed by atoms with Gasteiger partial charge in [-0.15, -0.1) is 0 Å². The van der Waals surface area contributed by atoms with Gasteiger partial charge in [0.1, 0.15) is 5.82 Å². The van der Waals surface area contributed by atoms with Crippen LogP contribution in [0.1, 0.15) is 45.6 Å². The lowest BCUT2D eigenvalue weighted by molar-refractivity contribution is 0.410. The summed E-state index contributed by atoms with van der Waals surface area (Å²) in [6, 6.07) is 7.46. The van der Waals surface area contributed by atoms with E-state index in [0.717, 1.165) is 13.0 Å². The summed E-state index contributed by atoms with van der Waals surface area (Å²) in [6.07, 6.45) is 4.79. The van der Waals surface area contributed by atoms with Crippen LogP contribution < -0.4 is 5.32 Å². The Morgan fingerprint density at radius 2 is 1.83 bits per heavy atom. The largest absolute Gasteiger partial charge is 0.314 e. The molecule has 0 bridgehead atoms. The second kappa shape index (κ2) is 8.25. The molecule has 0 aliphatic carbocycles. The average molecular weight is 251 g/mol. The van der Waals surface area contributed by atoms with Gasteiger partial charge in [0, 0.05) is 6.04 Å². The second-order valence-electron chi connectivity index (χ2n) is 5.40. The van der Waals surface area contributed by atoms with Crippen molar-refractivity contribution in [1.29, 1.82) is 0 Å². The smallest absolute Gasteiger partial charge is 0.123 e. The zero-order valence-corrected chi connectivity index (χ0v) is 11.9. The van der Waals surface area contributed by atoms with E-state index in [1.807, 2.05) is 12.1 Å². The number of hydrogen-bond donors (Lipinski definition) is 1. The molecule has 18 heavy (non-hydrogen) atoms. The molecule has 1 unspecified atom stereocenters. The molecule has 0 fully saturated rings. The monoisotopic (exact) mass is 251 g/mol. The fraction of sp³-hybridized carbons (Fsp3) is 0.625. The van der Waals surface area contributed by atoms with Crippen molar-refractivity contribution in [2.24, 2.45) is 5.92 Å². The van der Waals surface area contributed by atoms with Crippen LogP contribution in [-0.2, 0) is 6.42 Å². The van der Waals surface area contributed by atoms with Crippen LogP contribution in [0, 0.1) is 11.7 Å². The number of nitrogens with one attached hydrogen (secondary N) is 1. The van der Waals surface area contributed by atoms with E-state index in [0.29, 0.717) is 12.0 Å². The van der Waals surface area contributed by atoms with Crippen LogP contribution in [0.3, 0.4) is 0 Å². The van der Waals surface area contributed by atoms with Gasteiger partial charge in [-0.3, -0.25) is 0 Å². The third kappa shape index (κ3) is 6.15. The van der Waals surface area contributed by atoms with Crippen LogP contribution in [0.5, 0.6) is 0 Å².